The van der Waals surface area contributed by atoms with Crippen molar-refractivity contribution in [1.82, 2.24) is 0 Å². The summed E-state index contributed by atoms with van der Waals surface area (Å²) in [5.74, 6) is -0.459. The first-order valence-corrected chi connectivity index (χ1v) is 5.35. The summed E-state index contributed by atoms with van der Waals surface area (Å²) in [5.41, 5.74) is -0.0554. The van der Waals surface area contributed by atoms with Crippen molar-refractivity contribution in [3.63, 3.8) is 0 Å². The number of ether oxygens (including phenoxy) is 2. The van der Waals surface area contributed by atoms with Crippen molar-refractivity contribution < 1.29 is 23.9 Å². The molecule has 1 aromatic rings. The Labute approximate surface area is 104 Å². The van der Waals surface area contributed by atoms with Gasteiger partial charge in [-0.2, -0.15) is 0 Å². The van der Waals surface area contributed by atoms with Crippen molar-refractivity contribution in [2.75, 3.05) is 13.7 Å². The number of hydrogen-bond acceptors (Lipinski definition) is 5. The Hall–Kier alpha value is -2.11. The molecule has 0 saturated heterocycles. The van der Waals surface area contributed by atoms with Crippen molar-refractivity contribution in [3.05, 3.63) is 30.1 Å². The number of nitrogens with zero attached hydrogens (tertiary/aromatic N) is 1. The Morgan fingerprint density at radius 3 is 2.61 bits per heavy atom. The summed E-state index contributed by atoms with van der Waals surface area (Å²) >= 11 is 0. The number of halogens is 1. The van der Waals surface area contributed by atoms with Crippen molar-refractivity contribution in [2.45, 2.75) is 12.8 Å². The molecule has 0 spiro atoms. The second-order valence-electron chi connectivity index (χ2n) is 3.44. The van der Waals surface area contributed by atoms with Gasteiger partial charge in [-0.1, -0.05) is 5.16 Å². The number of benzene rings is 1. The topological polar surface area (TPSA) is 68.1 Å². The standard InChI is InChI=1S/C12H14FNO4/c1-17-12(15)11(14-16)3-2-8-18-10-6-4-9(13)5-7-10/h4-7,16H,2-3,8H2,1H3. The molecule has 0 bridgehead atoms. The molecule has 1 N–H and O–H groups in total. The van der Waals surface area contributed by atoms with Crippen LogP contribution in [0.2, 0.25) is 0 Å². The van der Waals surface area contributed by atoms with Crippen molar-refractivity contribution >= 4 is 11.7 Å². The van der Waals surface area contributed by atoms with E-state index in [0.717, 1.165) is 0 Å². The van der Waals surface area contributed by atoms with Gasteiger partial charge in [0.1, 0.15) is 11.6 Å². The van der Waals surface area contributed by atoms with Crippen LogP contribution in [0, 0.1) is 5.82 Å². The smallest absolute Gasteiger partial charge is 0.355 e. The molecule has 0 unspecified atom stereocenters. The summed E-state index contributed by atoms with van der Waals surface area (Å²) in [6.45, 7) is 0.321. The lowest BCUT2D eigenvalue weighted by atomic mass is 10.2. The SMILES string of the molecule is COC(=O)C(CCCOc1ccc(F)cc1)=NO. The highest BCUT2D eigenvalue weighted by Crippen LogP contribution is 2.11. The molecule has 0 heterocycles. The lowest BCUT2D eigenvalue weighted by Gasteiger charge is -2.06. The molecule has 0 fully saturated rings. The Kier molecular flexibility index (Phi) is 5.63. The van der Waals surface area contributed by atoms with Crippen molar-refractivity contribution in [3.8, 4) is 5.75 Å². The summed E-state index contributed by atoms with van der Waals surface area (Å²) in [4.78, 5) is 11.0. The van der Waals surface area contributed by atoms with E-state index in [-0.39, 0.29) is 17.9 Å². The molecule has 18 heavy (non-hydrogen) atoms. The summed E-state index contributed by atoms with van der Waals surface area (Å²) in [5, 5.41) is 11.4. The molecule has 0 radical (unpaired) electrons. The highest BCUT2D eigenvalue weighted by atomic mass is 19.1. The zero-order chi connectivity index (χ0) is 13.4. The lowest BCUT2D eigenvalue weighted by molar-refractivity contribution is -0.133. The minimum absolute atomic E-state index is 0.0554. The predicted molar refractivity (Wildman–Crippen MR) is 62.4 cm³/mol. The largest absolute Gasteiger partial charge is 0.494 e. The van der Waals surface area contributed by atoms with E-state index in [1.54, 1.807) is 0 Å². The molecule has 6 heteroatoms. The van der Waals surface area contributed by atoms with Crippen LogP contribution in [0.5, 0.6) is 5.75 Å². The molecule has 0 aliphatic heterocycles. The number of carbonyl (C=O) groups is 1. The zero-order valence-electron chi connectivity index (χ0n) is 9.93. The van der Waals surface area contributed by atoms with E-state index < -0.39 is 5.97 Å². The summed E-state index contributed by atoms with van der Waals surface area (Å²) in [6, 6.07) is 5.61. The first kappa shape index (κ1) is 14.0. The van der Waals surface area contributed by atoms with E-state index in [0.29, 0.717) is 18.8 Å². The van der Waals surface area contributed by atoms with Gasteiger partial charge in [-0.15, -0.1) is 0 Å². The molecule has 1 aromatic carbocycles. The zero-order valence-corrected chi connectivity index (χ0v) is 9.93. The van der Waals surface area contributed by atoms with Gasteiger partial charge in [-0.05, 0) is 30.7 Å². The van der Waals surface area contributed by atoms with E-state index in [9.17, 15) is 9.18 Å². The van der Waals surface area contributed by atoms with Gasteiger partial charge in [0.25, 0.3) is 0 Å². The Morgan fingerprint density at radius 2 is 2.06 bits per heavy atom. The Bertz CT molecular complexity index is 417. The fourth-order valence-corrected chi connectivity index (χ4v) is 1.27. The van der Waals surface area contributed by atoms with E-state index in [1.807, 2.05) is 0 Å². The fourth-order valence-electron chi connectivity index (χ4n) is 1.27. The number of hydrogen-bond donors (Lipinski definition) is 1. The molecule has 1 rings (SSSR count). The van der Waals surface area contributed by atoms with Crippen LogP contribution in [0.4, 0.5) is 4.39 Å². The number of rotatable bonds is 6. The van der Waals surface area contributed by atoms with Crippen LogP contribution in [-0.2, 0) is 9.53 Å². The van der Waals surface area contributed by atoms with Gasteiger partial charge in [-0.3, -0.25) is 0 Å². The van der Waals surface area contributed by atoms with Crippen molar-refractivity contribution in [2.24, 2.45) is 5.16 Å². The highest BCUT2D eigenvalue weighted by molar-refractivity contribution is 6.36. The van der Waals surface area contributed by atoms with Crippen LogP contribution in [0.25, 0.3) is 0 Å². The van der Waals surface area contributed by atoms with Crippen LogP contribution in [0.15, 0.2) is 29.4 Å². The molecule has 0 atom stereocenters. The average molecular weight is 255 g/mol. The lowest BCUT2D eigenvalue weighted by Crippen LogP contribution is -2.16. The van der Waals surface area contributed by atoms with Crippen LogP contribution in [0.3, 0.4) is 0 Å². The second-order valence-corrected chi connectivity index (χ2v) is 3.44. The molecule has 0 aliphatic rings. The van der Waals surface area contributed by atoms with E-state index in [2.05, 4.69) is 9.89 Å². The molecule has 0 amide bonds. The van der Waals surface area contributed by atoms with Crippen LogP contribution >= 0.6 is 0 Å². The predicted octanol–water partition coefficient (Wildman–Crippen LogP) is 1.99. The molecular weight excluding hydrogens is 241 g/mol. The quantitative estimate of drug-likeness (QED) is 0.277. The maximum atomic E-state index is 12.6. The third kappa shape index (κ3) is 4.40. The van der Waals surface area contributed by atoms with Crippen LogP contribution in [-0.4, -0.2) is 30.6 Å². The van der Waals surface area contributed by atoms with E-state index >= 15 is 0 Å². The minimum atomic E-state index is -0.667. The Balaban J connectivity index is 2.30. The summed E-state index contributed by atoms with van der Waals surface area (Å²) in [7, 11) is 1.21. The first-order chi connectivity index (χ1) is 8.67. The molecular formula is C12H14FNO4. The molecule has 5 nitrogen and oxygen atoms in total. The van der Waals surface area contributed by atoms with Gasteiger partial charge < -0.3 is 14.7 Å². The van der Waals surface area contributed by atoms with E-state index in [4.69, 9.17) is 9.94 Å². The van der Waals surface area contributed by atoms with E-state index in [1.165, 1.54) is 31.4 Å². The first-order valence-electron chi connectivity index (χ1n) is 5.35. The number of esters is 1. The monoisotopic (exact) mass is 255 g/mol. The third-order valence-corrected chi connectivity index (χ3v) is 2.18. The van der Waals surface area contributed by atoms with Gasteiger partial charge >= 0.3 is 5.97 Å². The van der Waals surface area contributed by atoms with Gasteiger partial charge in [0, 0.05) is 6.42 Å². The van der Waals surface area contributed by atoms with Crippen LogP contribution in [0.1, 0.15) is 12.8 Å². The number of methoxy groups -OCH3 is 1. The molecule has 98 valence electrons. The average Bonchev–Trinajstić information content (AvgIpc) is 2.40. The number of oxime groups is 1. The highest BCUT2D eigenvalue weighted by Gasteiger charge is 2.11. The van der Waals surface area contributed by atoms with Crippen LogP contribution < -0.4 is 4.74 Å². The minimum Gasteiger partial charge on any atom is -0.494 e. The van der Waals surface area contributed by atoms with Gasteiger partial charge in [-0.25, -0.2) is 9.18 Å². The van der Waals surface area contributed by atoms with Gasteiger partial charge in [0.05, 0.1) is 13.7 Å². The van der Waals surface area contributed by atoms with Gasteiger partial charge in [0.15, 0.2) is 5.71 Å². The Morgan fingerprint density at radius 1 is 1.39 bits per heavy atom. The second kappa shape index (κ2) is 7.26. The third-order valence-electron chi connectivity index (χ3n) is 2.18. The molecule has 0 aromatic heterocycles. The fraction of sp³-hybridized carbons (Fsp3) is 0.333. The van der Waals surface area contributed by atoms with Gasteiger partial charge in [0.2, 0.25) is 0 Å². The number of carbonyl (C=O) groups excluding carboxylic acids is 1. The van der Waals surface area contributed by atoms with Crippen molar-refractivity contribution in [1.29, 1.82) is 0 Å². The molecule has 0 aliphatic carbocycles. The molecule has 0 saturated carbocycles. The maximum absolute atomic E-state index is 12.6. The summed E-state index contributed by atoms with van der Waals surface area (Å²) < 4.78 is 22.3. The summed E-state index contributed by atoms with van der Waals surface area (Å²) in [6.07, 6.45) is 0.718. The maximum Gasteiger partial charge on any atom is 0.355 e. The normalized spacial score (nSPS) is 11.1.